The Morgan fingerprint density at radius 2 is 2.14 bits per heavy atom. The van der Waals surface area contributed by atoms with Gasteiger partial charge in [0.05, 0.1) is 16.1 Å². The lowest BCUT2D eigenvalue weighted by Gasteiger charge is -2.26. The van der Waals surface area contributed by atoms with Crippen molar-refractivity contribution in [2.45, 2.75) is 45.6 Å². The number of unbranched alkanes of at least 4 members (excludes halogenated alkanes) is 1. The molecule has 2 rings (SSSR count). The zero-order chi connectivity index (χ0) is 15.6. The molecular formula is C15H20N2O4. The quantitative estimate of drug-likeness (QED) is 0.615. The average Bonchev–Trinajstić information content (AvgIpc) is 3.24. The summed E-state index contributed by atoms with van der Waals surface area (Å²) >= 11 is 0. The van der Waals surface area contributed by atoms with Crippen molar-refractivity contribution in [1.82, 2.24) is 0 Å². The highest BCUT2D eigenvalue weighted by molar-refractivity contribution is 5.90. The molecule has 6 nitrogen and oxygen atoms in total. The zero-order valence-corrected chi connectivity index (χ0v) is 12.3. The van der Waals surface area contributed by atoms with Gasteiger partial charge in [-0.15, -0.1) is 0 Å². The fraction of sp³-hybridized carbons (Fsp3) is 0.533. The predicted molar refractivity (Wildman–Crippen MR) is 80.1 cm³/mol. The van der Waals surface area contributed by atoms with Gasteiger partial charge in [-0.2, -0.15) is 0 Å². The van der Waals surface area contributed by atoms with E-state index in [1.807, 2.05) is 0 Å². The van der Waals surface area contributed by atoms with Crippen LogP contribution in [0.3, 0.4) is 0 Å². The molecule has 0 aromatic heterocycles. The number of nitrogens with zero attached hydrogens (tertiary/aromatic N) is 2. The first-order valence-corrected chi connectivity index (χ1v) is 7.24. The van der Waals surface area contributed by atoms with Gasteiger partial charge in [-0.05, 0) is 32.3 Å². The lowest BCUT2D eigenvalue weighted by molar-refractivity contribution is -0.385. The smallest absolute Gasteiger partial charge is 0.336 e. The van der Waals surface area contributed by atoms with Crippen LogP contribution in [0.5, 0.6) is 0 Å². The SMILES string of the molecule is CCCCN(c1cc(C(=O)O)cc([N+](=O)[O-])c1C)C1CC1. The van der Waals surface area contributed by atoms with E-state index in [4.69, 9.17) is 0 Å². The molecule has 1 aromatic rings. The molecule has 0 saturated heterocycles. The number of hydrogen-bond acceptors (Lipinski definition) is 4. The molecule has 0 heterocycles. The minimum Gasteiger partial charge on any atom is -0.478 e. The molecule has 0 aliphatic heterocycles. The van der Waals surface area contributed by atoms with Gasteiger partial charge in [0.15, 0.2) is 0 Å². The normalized spacial score (nSPS) is 14.0. The Bertz CT molecular complexity index is 567. The first kappa shape index (κ1) is 15.3. The van der Waals surface area contributed by atoms with Gasteiger partial charge in [0.1, 0.15) is 0 Å². The second-order valence-electron chi connectivity index (χ2n) is 5.48. The fourth-order valence-corrected chi connectivity index (χ4v) is 2.51. The third-order valence-corrected chi connectivity index (χ3v) is 3.85. The second kappa shape index (κ2) is 6.11. The highest BCUT2D eigenvalue weighted by Gasteiger charge is 2.32. The molecule has 1 aliphatic rings. The number of carboxylic acids is 1. The van der Waals surface area contributed by atoms with Crippen molar-refractivity contribution in [2.24, 2.45) is 0 Å². The average molecular weight is 292 g/mol. The van der Waals surface area contributed by atoms with E-state index >= 15 is 0 Å². The summed E-state index contributed by atoms with van der Waals surface area (Å²) in [6, 6.07) is 3.10. The minimum absolute atomic E-state index is 0.0237. The van der Waals surface area contributed by atoms with E-state index in [1.54, 1.807) is 13.0 Å². The number of nitro groups is 1. The lowest BCUT2D eigenvalue weighted by atomic mass is 10.1. The number of rotatable bonds is 7. The van der Waals surface area contributed by atoms with Crippen LogP contribution in [0, 0.1) is 17.0 Å². The summed E-state index contributed by atoms with van der Waals surface area (Å²) in [5.41, 5.74) is 1.10. The Morgan fingerprint density at radius 3 is 2.62 bits per heavy atom. The van der Waals surface area contributed by atoms with Gasteiger partial charge in [-0.3, -0.25) is 10.1 Å². The summed E-state index contributed by atoms with van der Waals surface area (Å²) < 4.78 is 0. The third kappa shape index (κ3) is 3.32. The maximum atomic E-state index is 11.2. The molecule has 1 N–H and O–H groups in total. The van der Waals surface area contributed by atoms with Crippen LogP contribution in [0.15, 0.2) is 12.1 Å². The molecule has 0 unspecified atom stereocenters. The number of aromatic carboxylic acids is 1. The van der Waals surface area contributed by atoms with Crippen molar-refractivity contribution < 1.29 is 14.8 Å². The number of nitro benzene ring substituents is 1. The van der Waals surface area contributed by atoms with Crippen LogP contribution in [0.25, 0.3) is 0 Å². The van der Waals surface area contributed by atoms with Gasteiger partial charge in [-0.25, -0.2) is 4.79 Å². The number of carbonyl (C=O) groups is 1. The van der Waals surface area contributed by atoms with Crippen LogP contribution >= 0.6 is 0 Å². The Morgan fingerprint density at radius 1 is 1.48 bits per heavy atom. The Hall–Kier alpha value is -2.11. The number of anilines is 1. The van der Waals surface area contributed by atoms with Crippen molar-refractivity contribution in [2.75, 3.05) is 11.4 Å². The van der Waals surface area contributed by atoms with E-state index < -0.39 is 10.9 Å². The summed E-state index contributed by atoms with van der Waals surface area (Å²) in [5.74, 6) is -1.13. The fourth-order valence-electron chi connectivity index (χ4n) is 2.51. The van der Waals surface area contributed by atoms with Crippen molar-refractivity contribution in [3.05, 3.63) is 33.4 Å². The van der Waals surface area contributed by atoms with Crippen LogP contribution in [0.2, 0.25) is 0 Å². The van der Waals surface area contributed by atoms with Crippen LogP contribution in [0.4, 0.5) is 11.4 Å². The maximum Gasteiger partial charge on any atom is 0.336 e. The summed E-state index contributed by atoms with van der Waals surface area (Å²) in [6.45, 7) is 4.59. The number of benzene rings is 1. The van der Waals surface area contributed by atoms with Gasteiger partial charge >= 0.3 is 5.97 Å². The standard InChI is InChI=1S/C15H20N2O4/c1-3-4-7-16(12-5-6-12)13-8-11(15(18)19)9-14(10(13)2)17(20)21/h8-9,12H,3-7H2,1-2H3,(H,18,19). The third-order valence-electron chi connectivity index (χ3n) is 3.85. The first-order valence-electron chi connectivity index (χ1n) is 7.24. The van der Waals surface area contributed by atoms with Gasteiger partial charge in [0.25, 0.3) is 5.69 Å². The molecule has 0 bridgehead atoms. The molecule has 1 aromatic carbocycles. The van der Waals surface area contributed by atoms with E-state index in [2.05, 4.69) is 11.8 Å². The highest BCUT2D eigenvalue weighted by atomic mass is 16.6. The lowest BCUT2D eigenvalue weighted by Crippen LogP contribution is -2.28. The summed E-state index contributed by atoms with van der Waals surface area (Å²) in [4.78, 5) is 24.0. The van der Waals surface area contributed by atoms with Gasteiger partial charge in [0.2, 0.25) is 0 Å². The highest BCUT2D eigenvalue weighted by Crippen LogP contribution is 2.37. The Labute approximate surface area is 123 Å². The predicted octanol–water partition coefficient (Wildman–Crippen LogP) is 3.37. The maximum absolute atomic E-state index is 11.2. The molecule has 1 saturated carbocycles. The summed E-state index contributed by atoms with van der Waals surface area (Å²) in [5, 5.41) is 20.3. The second-order valence-corrected chi connectivity index (χ2v) is 5.48. The minimum atomic E-state index is -1.13. The molecule has 0 radical (unpaired) electrons. The Kier molecular flexibility index (Phi) is 4.45. The van der Waals surface area contributed by atoms with E-state index in [0.717, 1.165) is 38.3 Å². The molecule has 1 fully saturated rings. The van der Waals surface area contributed by atoms with Crippen molar-refractivity contribution >= 4 is 17.3 Å². The molecular weight excluding hydrogens is 272 g/mol. The van der Waals surface area contributed by atoms with E-state index in [0.29, 0.717) is 17.3 Å². The molecule has 21 heavy (non-hydrogen) atoms. The van der Waals surface area contributed by atoms with Crippen LogP contribution in [-0.2, 0) is 0 Å². The van der Waals surface area contributed by atoms with Gasteiger partial charge in [0, 0.05) is 24.3 Å². The molecule has 1 aliphatic carbocycles. The number of hydrogen-bond donors (Lipinski definition) is 1. The van der Waals surface area contributed by atoms with E-state index in [1.165, 1.54) is 0 Å². The molecule has 0 amide bonds. The monoisotopic (exact) mass is 292 g/mol. The van der Waals surface area contributed by atoms with Crippen molar-refractivity contribution in [1.29, 1.82) is 0 Å². The molecule has 114 valence electrons. The van der Waals surface area contributed by atoms with Crippen molar-refractivity contribution in [3.8, 4) is 0 Å². The van der Waals surface area contributed by atoms with Crippen LogP contribution in [-0.4, -0.2) is 28.6 Å². The van der Waals surface area contributed by atoms with E-state index in [-0.39, 0.29) is 11.3 Å². The first-order chi connectivity index (χ1) is 9.95. The molecule has 0 spiro atoms. The Balaban J connectivity index is 2.48. The van der Waals surface area contributed by atoms with Crippen molar-refractivity contribution in [3.63, 3.8) is 0 Å². The van der Waals surface area contributed by atoms with Gasteiger partial charge < -0.3 is 10.0 Å². The van der Waals surface area contributed by atoms with Gasteiger partial charge in [-0.1, -0.05) is 13.3 Å². The number of carboxylic acid groups (broad SMARTS) is 1. The van der Waals surface area contributed by atoms with E-state index in [9.17, 15) is 20.0 Å². The zero-order valence-electron chi connectivity index (χ0n) is 12.3. The van der Waals surface area contributed by atoms with Crippen LogP contribution < -0.4 is 4.90 Å². The molecule has 0 atom stereocenters. The largest absolute Gasteiger partial charge is 0.478 e. The summed E-state index contributed by atoms with van der Waals surface area (Å²) in [6.07, 6.45) is 4.15. The topological polar surface area (TPSA) is 83.7 Å². The molecule has 6 heteroatoms. The van der Waals surface area contributed by atoms with Crippen LogP contribution in [0.1, 0.15) is 48.5 Å². The summed E-state index contributed by atoms with van der Waals surface area (Å²) in [7, 11) is 0.